The maximum atomic E-state index is 13.6. The molecule has 9 nitrogen and oxygen atoms in total. The average molecular weight is 335 g/mol. The maximum absolute atomic E-state index is 13.6. The Bertz CT molecular complexity index is 730. The second-order valence-electron chi connectivity index (χ2n) is 4.93. The summed E-state index contributed by atoms with van der Waals surface area (Å²) in [7, 11) is 0. The molecule has 126 valence electrons. The van der Waals surface area contributed by atoms with E-state index in [0.717, 1.165) is 0 Å². The average Bonchev–Trinajstić information content (AvgIpc) is 2.86. The standard InChI is InChI=1S/C14H14FN5O4/c15-8-3-1-2-4-9(8)17-19-13-12(18-20-14(13)16)7(5-10(21)22)6-11(23)24/h1-4,7,17H,5-6H2,(H,21,22)(H,23,24)(H2,16,19,20). The first-order valence-electron chi connectivity index (χ1n) is 6.83. The molecule has 2 rings (SSSR count). The smallest absolute Gasteiger partial charge is 0.304 e. The van der Waals surface area contributed by atoms with Crippen molar-refractivity contribution in [3.05, 3.63) is 30.1 Å². The van der Waals surface area contributed by atoms with Crippen LogP contribution in [0.5, 0.6) is 0 Å². The summed E-state index contributed by atoms with van der Waals surface area (Å²) < 4.78 is 13.6. The minimum Gasteiger partial charge on any atom is -0.481 e. The molecule has 24 heavy (non-hydrogen) atoms. The normalized spacial score (nSPS) is 15.3. The first kappa shape index (κ1) is 17.1. The molecule has 0 unspecified atom stereocenters. The second kappa shape index (κ2) is 7.31. The topological polar surface area (TPSA) is 147 Å². The van der Waals surface area contributed by atoms with Gasteiger partial charge in [-0.1, -0.05) is 12.1 Å². The first-order valence-corrected chi connectivity index (χ1v) is 6.83. The number of nitrogens with one attached hydrogen (secondary N) is 3. The number of rotatable bonds is 7. The minimum atomic E-state index is -1.20. The third-order valence-electron chi connectivity index (χ3n) is 3.16. The van der Waals surface area contributed by atoms with Gasteiger partial charge in [-0.3, -0.25) is 25.8 Å². The van der Waals surface area contributed by atoms with Crippen molar-refractivity contribution in [2.45, 2.75) is 12.8 Å². The SMILES string of the molecule is N=C1NN=C(C(CC(=O)O)CC(=O)O)/C1=N/Nc1ccccc1F. The highest BCUT2D eigenvalue weighted by Crippen LogP contribution is 2.17. The van der Waals surface area contributed by atoms with Gasteiger partial charge in [-0.2, -0.15) is 10.2 Å². The Labute approximate surface area is 135 Å². The first-order chi connectivity index (χ1) is 11.4. The van der Waals surface area contributed by atoms with Crippen molar-refractivity contribution in [2.75, 3.05) is 5.43 Å². The Hall–Kier alpha value is -3.30. The number of hydrogen-bond acceptors (Lipinski definition) is 6. The van der Waals surface area contributed by atoms with E-state index in [1.165, 1.54) is 18.2 Å². The van der Waals surface area contributed by atoms with Gasteiger partial charge < -0.3 is 10.2 Å². The Balaban J connectivity index is 2.26. The highest BCUT2D eigenvalue weighted by atomic mass is 19.1. The van der Waals surface area contributed by atoms with Crippen LogP contribution in [0.15, 0.2) is 34.5 Å². The molecule has 0 bridgehead atoms. The molecule has 1 aliphatic rings. The molecule has 0 saturated carbocycles. The molecule has 1 aromatic carbocycles. The summed E-state index contributed by atoms with van der Waals surface area (Å²) >= 11 is 0. The zero-order valence-electron chi connectivity index (χ0n) is 12.3. The highest BCUT2D eigenvalue weighted by molar-refractivity contribution is 6.70. The van der Waals surface area contributed by atoms with Crippen molar-refractivity contribution >= 4 is 34.9 Å². The van der Waals surface area contributed by atoms with Crippen molar-refractivity contribution in [1.82, 2.24) is 5.43 Å². The number of aliphatic carboxylic acids is 2. The molecule has 0 aromatic heterocycles. The summed E-state index contributed by atoms with van der Waals surface area (Å²) in [5.74, 6) is -4.19. The van der Waals surface area contributed by atoms with E-state index in [1.54, 1.807) is 6.07 Å². The van der Waals surface area contributed by atoms with Gasteiger partial charge in [0.15, 0.2) is 11.5 Å². The Morgan fingerprint density at radius 2 is 1.92 bits per heavy atom. The number of amidine groups is 1. The van der Waals surface area contributed by atoms with Gasteiger partial charge in [-0.15, -0.1) is 0 Å². The molecule has 1 aliphatic heterocycles. The third-order valence-corrected chi connectivity index (χ3v) is 3.16. The maximum Gasteiger partial charge on any atom is 0.304 e. The Kier molecular flexibility index (Phi) is 5.20. The van der Waals surface area contributed by atoms with Gasteiger partial charge in [0, 0.05) is 5.92 Å². The van der Waals surface area contributed by atoms with E-state index in [2.05, 4.69) is 21.1 Å². The van der Waals surface area contributed by atoms with Crippen LogP contribution in [0.2, 0.25) is 0 Å². The number of nitrogens with zero attached hydrogens (tertiary/aromatic N) is 2. The summed E-state index contributed by atoms with van der Waals surface area (Å²) in [6.07, 6.45) is -0.975. The predicted molar refractivity (Wildman–Crippen MR) is 83.8 cm³/mol. The van der Waals surface area contributed by atoms with Crippen LogP contribution >= 0.6 is 0 Å². The van der Waals surface area contributed by atoms with E-state index in [0.29, 0.717) is 0 Å². The van der Waals surface area contributed by atoms with Crippen LogP contribution in [0.25, 0.3) is 0 Å². The summed E-state index contributed by atoms with van der Waals surface area (Å²) in [4.78, 5) is 21.9. The van der Waals surface area contributed by atoms with Crippen LogP contribution in [0.1, 0.15) is 12.8 Å². The van der Waals surface area contributed by atoms with Crippen LogP contribution in [-0.2, 0) is 9.59 Å². The van der Waals surface area contributed by atoms with Gasteiger partial charge in [0.05, 0.1) is 24.2 Å². The van der Waals surface area contributed by atoms with Crippen LogP contribution in [0.4, 0.5) is 10.1 Å². The summed E-state index contributed by atoms with van der Waals surface area (Å²) in [6, 6.07) is 5.72. The molecule has 0 saturated heterocycles. The van der Waals surface area contributed by atoms with E-state index in [1.807, 2.05) is 0 Å². The lowest BCUT2D eigenvalue weighted by Gasteiger charge is -2.12. The Morgan fingerprint density at radius 3 is 2.50 bits per heavy atom. The van der Waals surface area contributed by atoms with Crippen molar-refractivity contribution in [2.24, 2.45) is 16.1 Å². The van der Waals surface area contributed by atoms with Gasteiger partial charge in [-0.05, 0) is 12.1 Å². The monoisotopic (exact) mass is 335 g/mol. The lowest BCUT2D eigenvalue weighted by molar-refractivity contribution is -0.139. The molecule has 5 N–H and O–H groups in total. The van der Waals surface area contributed by atoms with Crippen LogP contribution < -0.4 is 10.9 Å². The number of carboxylic acid groups (broad SMARTS) is 2. The van der Waals surface area contributed by atoms with Gasteiger partial charge in [0.2, 0.25) is 0 Å². The largest absolute Gasteiger partial charge is 0.481 e. The number of carboxylic acids is 2. The molecule has 0 radical (unpaired) electrons. The molecule has 1 heterocycles. The predicted octanol–water partition coefficient (Wildman–Crippen LogP) is 1.10. The lowest BCUT2D eigenvalue weighted by atomic mass is 9.92. The number of carbonyl (C=O) groups is 2. The number of hydrogen-bond donors (Lipinski definition) is 5. The van der Waals surface area contributed by atoms with E-state index < -0.39 is 36.5 Å². The fourth-order valence-corrected chi connectivity index (χ4v) is 2.10. The Morgan fingerprint density at radius 1 is 1.29 bits per heavy atom. The number of anilines is 1. The van der Waals surface area contributed by atoms with E-state index >= 15 is 0 Å². The highest BCUT2D eigenvalue weighted by Gasteiger charge is 2.32. The van der Waals surface area contributed by atoms with Gasteiger partial charge in [-0.25, -0.2) is 4.39 Å². The molecular weight excluding hydrogens is 321 g/mol. The minimum absolute atomic E-state index is 0.0219. The van der Waals surface area contributed by atoms with Gasteiger partial charge in [0.25, 0.3) is 0 Å². The zero-order valence-corrected chi connectivity index (χ0v) is 12.3. The van der Waals surface area contributed by atoms with Crippen molar-refractivity contribution in [1.29, 1.82) is 5.41 Å². The number of benzene rings is 1. The van der Waals surface area contributed by atoms with Crippen molar-refractivity contribution < 1.29 is 24.2 Å². The third kappa shape index (κ3) is 4.12. The van der Waals surface area contributed by atoms with Crippen LogP contribution in [0, 0.1) is 17.1 Å². The number of para-hydroxylation sites is 1. The molecule has 1 aromatic rings. The van der Waals surface area contributed by atoms with Gasteiger partial charge in [0.1, 0.15) is 5.82 Å². The zero-order chi connectivity index (χ0) is 17.7. The quantitative estimate of drug-likeness (QED) is 0.471. The summed E-state index contributed by atoms with van der Waals surface area (Å²) in [6.45, 7) is 0. The van der Waals surface area contributed by atoms with E-state index in [-0.39, 0.29) is 22.9 Å². The van der Waals surface area contributed by atoms with Gasteiger partial charge >= 0.3 is 11.9 Å². The van der Waals surface area contributed by atoms with Crippen LogP contribution in [0.3, 0.4) is 0 Å². The van der Waals surface area contributed by atoms with Crippen molar-refractivity contribution in [3.8, 4) is 0 Å². The molecule has 0 amide bonds. The molecule has 0 fully saturated rings. The summed E-state index contributed by atoms with van der Waals surface area (Å²) in [5, 5.41) is 33.2. The van der Waals surface area contributed by atoms with Crippen molar-refractivity contribution in [3.63, 3.8) is 0 Å². The molecule has 0 spiro atoms. The number of hydrazone groups is 2. The summed E-state index contributed by atoms with van der Waals surface area (Å²) in [5.41, 5.74) is 4.76. The lowest BCUT2D eigenvalue weighted by Crippen LogP contribution is -2.30. The number of halogens is 1. The molecule has 0 atom stereocenters. The molecule has 10 heteroatoms. The molecular formula is C14H14FN5O4. The van der Waals surface area contributed by atoms with E-state index in [9.17, 15) is 14.0 Å². The van der Waals surface area contributed by atoms with Crippen LogP contribution in [-0.4, -0.2) is 39.4 Å². The fraction of sp³-hybridized carbons (Fsp3) is 0.214. The molecule has 0 aliphatic carbocycles. The van der Waals surface area contributed by atoms with E-state index in [4.69, 9.17) is 15.6 Å². The fourth-order valence-electron chi connectivity index (χ4n) is 2.10. The second-order valence-corrected chi connectivity index (χ2v) is 4.93.